The van der Waals surface area contributed by atoms with Crippen LogP contribution in [0.15, 0.2) is 42.5 Å². The maximum Gasteiger partial charge on any atom is 0.127 e. The van der Waals surface area contributed by atoms with Crippen LogP contribution in [-0.4, -0.2) is 4.98 Å². The summed E-state index contributed by atoms with van der Waals surface area (Å²) in [5, 5.41) is 3.28. The molecule has 0 bridgehead atoms. The van der Waals surface area contributed by atoms with Crippen molar-refractivity contribution in [2.45, 2.75) is 26.4 Å². The van der Waals surface area contributed by atoms with Crippen LogP contribution in [0.25, 0.3) is 0 Å². The lowest BCUT2D eigenvalue weighted by Gasteiger charge is -2.14. The number of aromatic nitrogens is 1. The maximum atomic E-state index is 13.6. The van der Waals surface area contributed by atoms with Crippen molar-refractivity contribution in [3.05, 3.63) is 65.2 Å². The molecule has 0 fully saturated rings. The molecule has 3 heteroatoms. The lowest BCUT2D eigenvalue weighted by Crippen LogP contribution is -2.19. The minimum absolute atomic E-state index is 0.0338. The topological polar surface area (TPSA) is 24.9 Å². The number of halogens is 1. The molecule has 94 valence electrons. The van der Waals surface area contributed by atoms with Crippen molar-refractivity contribution in [2.75, 3.05) is 0 Å². The highest BCUT2D eigenvalue weighted by Gasteiger charge is 2.09. The van der Waals surface area contributed by atoms with Gasteiger partial charge in [-0.25, -0.2) is 4.39 Å². The van der Waals surface area contributed by atoms with Crippen molar-refractivity contribution < 1.29 is 4.39 Å². The van der Waals surface area contributed by atoms with Gasteiger partial charge in [0.25, 0.3) is 0 Å². The molecule has 1 aromatic heterocycles. The first-order chi connectivity index (χ1) is 8.66. The number of rotatable bonds is 4. The normalized spacial score (nSPS) is 12.4. The number of aryl methyl sites for hydroxylation is 1. The van der Waals surface area contributed by atoms with E-state index in [0.717, 1.165) is 11.4 Å². The van der Waals surface area contributed by atoms with Crippen molar-refractivity contribution in [3.63, 3.8) is 0 Å². The molecule has 0 aliphatic carbocycles. The van der Waals surface area contributed by atoms with Crippen molar-refractivity contribution >= 4 is 0 Å². The fourth-order valence-electron chi connectivity index (χ4n) is 1.89. The molecule has 0 aliphatic heterocycles. The Morgan fingerprint density at radius 2 is 1.94 bits per heavy atom. The van der Waals surface area contributed by atoms with Gasteiger partial charge < -0.3 is 5.32 Å². The minimum Gasteiger partial charge on any atom is -0.304 e. The second-order valence-corrected chi connectivity index (χ2v) is 4.39. The molecule has 0 radical (unpaired) electrons. The average molecular weight is 244 g/mol. The molecular formula is C15H17FN2. The lowest BCUT2D eigenvalue weighted by atomic mass is 10.1. The second kappa shape index (κ2) is 5.74. The van der Waals surface area contributed by atoms with E-state index in [-0.39, 0.29) is 11.9 Å². The Balaban J connectivity index is 2.00. The third-order valence-corrected chi connectivity index (χ3v) is 2.91. The summed E-state index contributed by atoms with van der Waals surface area (Å²) in [5.74, 6) is -0.172. The van der Waals surface area contributed by atoms with Gasteiger partial charge in [-0.05, 0) is 32.0 Å². The molecule has 1 unspecified atom stereocenters. The molecule has 0 saturated heterocycles. The Hall–Kier alpha value is -1.74. The van der Waals surface area contributed by atoms with Crippen molar-refractivity contribution in [1.29, 1.82) is 0 Å². The van der Waals surface area contributed by atoms with Gasteiger partial charge in [-0.3, -0.25) is 4.98 Å². The maximum absolute atomic E-state index is 13.6. The summed E-state index contributed by atoms with van der Waals surface area (Å²) in [7, 11) is 0. The Morgan fingerprint density at radius 3 is 2.67 bits per heavy atom. The summed E-state index contributed by atoms with van der Waals surface area (Å²) in [6, 6.07) is 12.7. The van der Waals surface area contributed by atoms with E-state index in [1.54, 1.807) is 12.1 Å². The molecular weight excluding hydrogens is 227 g/mol. The van der Waals surface area contributed by atoms with Crippen molar-refractivity contribution in [2.24, 2.45) is 0 Å². The molecule has 1 atom stereocenters. The molecule has 1 aromatic carbocycles. The monoisotopic (exact) mass is 244 g/mol. The van der Waals surface area contributed by atoms with Gasteiger partial charge in [-0.1, -0.05) is 24.3 Å². The Kier molecular flexibility index (Phi) is 4.05. The standard InChI is InChI=1S/C15H17FN2/c1-11-6-5-7-13(18-11)10-17-12(2)14-8-3-4-9-15(14)16/h3-9,12,17H,10H2,1-2H3. The summed E-state index contributed by atoms with van der Waals surface area (Å²) in [6.45, 7) is 4.55. The van der Waals surface area contributed by atoms with Crippen LogP contribution in [0.3, 0.4) is 0 Å². The summed E-state index contributed by atoms with van der Waals surface area (Å²) >= 11 is 0. The van der Waals surface area contributed by atoms with Gasteiger partial charge >= 0.3 is 0 Å². The fraction of sp³-hybridized carbons (Fsp3) is 0.267. The highest BCUT2D eigenvalue weighted by Crippen LogP contribution is 2.16. The van der Waals surface area contributed by atoms with Crippen LogP contribution in [0.2, 0.25) is 0 Å². The molecule has 0 aliphatic rings. The number of benzene rings is 1. The highest BCUT2D eigenvalue weighted by atomic mass is 19.1. The van der Waals surface area contributed by atoms with Gasteiger partial charge in [0.1, 0.15) is 5.82 Å². The van der Waals surface area contributed by atoms with Crippen LogP contribution in [0, 0.1) is 12.7 Å². The van der Waals surface area contributed by atoms with Crippen LogP contribution >= 0.6 is 0 Å². The molecule has 2 rings (SSSR count). The first-order valence-electron chi connectivity index (χ1n) is 6.07. The molecule has 1 heterocycles. The van der Waals surface area contributed by atoms with Gasteiger partial charge in [0.05, 0.1) is 5.69 Å². The van der Waals surface area contributed by atoms with E-state index in [0.29, 0.717) is 12.1 Å². The Morgan fingerprint density at radius 1 is 1.17 bits per heavy atom. The average Bonchev–Trinajstić information content (AvgIpc) is 2.37. The van der Waals surface area contributed by atoms with E-state index < -0.39 is 0 Å². The SMILES string of the molecule is Cc1cccc(CNC(C)c2ccccc2F)n1. The molecule has 2 aromatic rings. The fourth-order valence-corrected chi connectivity index (χ4v) is 1.89. The zero-order valence-electron chi connectivity index (χ0n) is 10.7. The largest absolute Gasteiger partial charge is 0.304 e. The van der Waals surface area contributed by atoms with Gasteiger partial charge in [0, 0.05) is 23.8 Å². The molecule has 0 spiro atoms. The van der Waals surface area contributed by atoms with Crippen molar-refractivity contribution in [3.8, 4) is 0 Å². The predicted octanol–water partition coefficient (Wildman–Crippen LogP) is 3.38. The van der Waals surface area contributed by atoms with Gasteiger partial charge in [-0.15, -0.1) is 0 Å². The Labute approximate surface area is 107 Å². The molecule has 2 nitrogen and oxygen atoms in total. The van der Waals surface area contributed by atoms with Crippen LogP contribution in [0.5, 0.6) is 0 Å². The van der Waals surface area contributed by atoms with E-state index in [1.165, 1.54) is 6.07 Å². The highest BCUT2D eigenvalue weighted by molar-refractivity contribution is 5.20. The molecule has 1 N–H and O–H groups in total. The third kappa shape index (κ3) is 3.14. The first-order valence-corrected chi connectivity index (χ1v) is 6.07. The molecule has 0 amide bonds. The van der Waals surface area contributed by atoms with Crippen molar-refractivity contribution in [1.82, 2.24) is 10.3 Å². The molecule has 18 heavy (non-hydrogen) atoms. The smallest absolute Gasteiger partial charge is 0.127 e. The van der Waals surface area contributed by atoms with E-state index in [1.807, 2.05) is 38.1 Å². The quantitative estimate of drug-likeness (QED) is 0.891. The number of nitrogens with one attached hydrogen (secondary N) is 1. The second-order valence-electron chi connectivity index (χ2n) is 4.39. The molecule has 0 saturated carbocycles. The van der Waals surface area contributed by atoms with Crippen LogP contribution in [0.1, 0.15) is 29.9 Å². The van der Waals surface area contributed by atoms with E-state index in [9.17, 15) is 4.39 Å². The number of hydrogen-bond acceptors (Lipinski definition) is 2. The zero-order chi connectivity index (χ0) is 13.0. The number of hydrogen-bond donors (Lipinski definition) is 1. The van der Waals surface area contributed by atoms with Gasteiger partial charge in [-0.2, -0.15) is 0 Å². The van der Waals surface area contributed by atoms with Gasteiger partial charge in [0.2, 0.25) is 0 Å². The summed E-state index contributed by atoms with van der Waals surface area (Å²) < 4.78 is 13.6. The number of nitrogens with zero attached hydrogens (tertiary/aromatic N) is 1. The number of pyridine rings is 1. The third-order valence-electron chi connectivity index (χ3n) is 2.91. The summed E-state index contributed by atoms with van der Waals surface area (Å²) in [5.41, 5.74) is 2.65. The minimum atomic E-state index is -0.172. The lowest BCUT2D eigenvalue weighted by molar-refractivity contribution is 0.524. The summed E-state index contributed by atoms with van der Waals surface area (Å²) in [6.07, 6.45) is 0. The van der Waals surface area contributed by atoms with Gasteiger partial charge in [0.15, 0.2) is 0 Å². The Bertz CT molecular complexity index is 525. The van der Waals surface area contributed by atoms with Crippen LogP contribution < -0.4 is 5.32 Å². The predicted molar refractivity (Wildman–Crippen MR) is 70.6 cm³/mol. The van der Waals surface area contributed by atoms with E-state index in [2.05, 4.69) is 10.3 Å². The summed E-state index contributed by atoms with van der Waals surface area (Å²) in [4.78, 5) is 4.40. The van der Waals surface area contributed by atoms with Crippen LogP contribution in [-0.2, 0) is 6.54 Å². The first kappa shape index (κ1) is 12.7. The zero-order valence-corrected chi connectivity index (χ0v) is 10.7. The van der Waals surface area contributed by atoms with E-state index >= 15 is 0 Å². The van der Waals surface area contributed by atoms with E-state index in [4.69, 9.17) is 0 Å². The van der Waals surface area contributed by atoms with Crippen LogP contribution in [0.4, 0.5) is 4.39 Å².